The van der Waals surface area contributed by atoms with E-state index in [-0.39, 0.29) is 0 Å². The van der Waals surface area contributed by atoms with E-state index < -0.39 is 0 Å². The topological polar surface area (TPSA) is 47.3 Å². The van der Waals surface area contributed by atoms with Crippen LogP contribution in [-0.4, -0.2) is 25.2 Å². The van der Waals surface area contributed by atoms with Crippen LogP contribution in [0.3, 0.4) is 0 Å². The van der Waals surface area contributed by atoms with Crippen molar-refractivity contribution in [1.82, 2.24) is 10.3 Å². The van der Waals surface area contributed by atoms with Gasteiger partial charge in [0.05, 0.1) is 12.7 Å². The van der Waals surface area contributed by atoms with Crippen LogP contribution in [0.25, 0.3) is 0 Å². The summed E-state index contributed by atoms with van der Waals surface area (Å²) in [5, 5.41) is 3.29. The molecule has 1 heterocycles. The molecule has 1 aromatic heterocycles. The van der Waals surface area contributed by atoms with Crippen molar-refractivity contribution < 1.29 is 9.15 Å². The lowest BCUT2D eigenvalue weighted by atomic mass is 10.2. The van der Waals surface area contributed by atoms with Gasteiger partial charge < -0.3 is 14.5 Å². The largest absolute Gasteiger partial charge is 0.447 e. The highest BCUT2D eigenvalue weighted by molar-refractivity contribution is 4.86. The Hall–Kier alpha value is -0.870. The molecule has 4 nitrogen and oxygen atoms in total. The summed E-state index contributed by atoms with van der Waals surface area (Å²) < 4.78 is 10.0. The van der Waals surface area contributed by atoms with Gasteiger partial charge in [-0.3, -0.25) is 0 Å². The summed E-state index contributed by atoms with van der Waals surface area (Å²) in [5.41, 5.74) is 0. The van der Waals surface area contributed by atoms with Gasteiger partial charge in [-0.15, -0.1) is 0 Å². The number of methoxy groups -OCH3 is 1. The second-order valence-corrected chi connectivity index (χ2v) is 3.20. The van der Waals surface area contributed by atoms with Crippen LogP contribution in [-0.2, 0) is 11.3 Å². The highest BCUT2D eigenvalue weighted by Crippen LogP contribution is 1.97. The fourth-order valence-electron chi connectivity index (χ4n) is 1.21. The van der Waals surface area contributed by atoms with E-state index in [0.29, 0.717) is 0 Å². The van der Waals surface area contributed by atoms with Crippen LogP contribution < -0.4 is 5.32 Å². The molecule has 0 radical (unpaired) electrons. The Labute approximate surface area is 84.7 Å². The van der Waals surface area contributed by atoms with Crippen molar-refractivity contribution in [2.24, 2.45) is 0 Å². The van der Waals surface area contributed by atoms with Gasteiger partial charge in [0, 0.05) is 13.7 Å². The molecule has 0 saturated carbocycles. The van der Waals surface area contributed by atoms with Crippen LogP contribution in [0.5, 0.6) is 0 Å². The minimum atomic E-state index is 0.768. The number of hydrogen-bond donors (Lipinski definition) is 1. The third-order valence-corrected chi connectivity index (χ3v) is 1.98. The Morgan fingerprint density at radius 3 is 3.07 bits per heavy atom. The number of unbranched alkanes of at least 4 members (excludes halogenated alkanes) is 2. The SMILES string of the molecule is COCCCCCNCc1cnco1. The molecule has 0 aliphatic rings. The minimum absolute atomic E-state index is 0.768. The Morgan fingerprint density at radius 1 is 1.43 bits per heavy atom. The summed E-state index contributed by atoms with van der Waals surface area (Å²) in [4.78, 5) is 3.84. The first-order valence-electron chi connectivity index (χ1n) is 5.00. The maximum atomic E-state index is 5.08. The quantitative estimate of drug-likeness (QED) is 0.644. The molecule has 80 valence electrons. The number of nitrogens with zero attached hydrogens (tertiary/aromatic N) is 1. The zero-order valence-corrected chi connectivity index (χ0v) is 8.66. The van der Waals surface area contributed by atoms with Crippen LogP contribution in [0.4, 0.5) is 0 Å². The van der Waals surface area contributed by atoms with Crippen molar-refractivity contribution in [2.75, 3.05) is 20.3 Å². The summed E-state index contributed by atoms with van der Waals surface area (Å²) in [6.45, 7) is 2.65. The second-order valence-electron chi connectivity index (χ2n) is 3.20. The molecule has 0 spiro atoms. The normalized spacial score (nSPS) is 10.6. The molecule has 4 heteroatoms. The van der Waals surface area contributed by atoms with Crippen LogP contribution in [0.2, 0.25) is 0 Å². The van der Waals surface area contributed by atoms with E-state index in [1.54, 1.807) is 13.3 Å². The van der Waals surface area contributed by atoms with Gasteiger partial charge in [-0.1, -0.05) is 0 Å². The van der Waals surface area contributed by atoms with Crippen molar-refractivity contribution in [3.05, 3.63) is 18.4 Å². The first-order valence-corrected chi connectivity index (χ1v) is 5.00. The van der Waals surface area contributed by atoms with Crippen molar-refractivity contribution in [3.63, 3.8) is 0 Å². The lowest BCUT2D eigenvalue weighted by Crippen LogP contribution is -2.14. The van der Waals surface area contributed by atoms with Crippen LogP contribution in [0.15, 0.2) is 17.0 Å². The number of aromatic nitrogens is 1. The zero-order chi connectivity index (χ0) is 10.1. The summed E-state index contributed by atoms with van der Waals surface area (Å²) in [6.07, 6.45) is 6.71. The van der Waals surface area contributed by atoms with Crippen LogP contribution in [0.1, 0.15) is 25.0 Å². The molecule has 0 aliphatic heterocycles. The maximum absolute atomic E-state index is 5.08. The van der Waals surface area contributed by atoms with Crippen LogP contribution in [0, 0.1) is 0 Å². The molecule has 0 atom stereocenters. The van der Waals surface area contributed by atoms with E-state index in [2.05, 4.69) is 10.3 Å². The Balaban J connectivity index is 1.85. The molecular formula is C10H18N2O2. The van der Waals surface area contributed by atoms with Gasteiger partial charge in [0.2, 0.25) is 0 Å². The molecule has 0 unspecified atom stereocenters. The van der Waals surface area contributed by atoms with Gasteiger partial charge in [-0.2, -0.15) is 0 Å². The van der Waals surface area contributed by atoms with E-state index in [9.17, 15) is 0 Å². The number of oxazole rings is 1. The molecule has 1 aromatic rings. The van der Waals surface area contributed by atoms with Crippen molar-refractivity contribution in [2.45, 2.75) is 25.8 Å². The van der Waals surface area contributed by atoms with Crippen molar-refractivity contribution in [1.29, 1.82) is 0 Å². The monoisotopic (exact) mass is 198 g/mol. The highest BCUT2D eigenvalue weighted by Gasteiger charge is 1.94. The second kappa shape index (κ2) is 7.53. The summed E-state index contributed by atoms with van der Waals surface area (Å²) in [6, 6.07) is 0. The molecule has 1 N–H and O–H groups in total. The summed E-state index contributed by atoms with van der Waals surface area (Å²) in [7, 11) is 1.74. The Morgan fingerprint density at radius 2 is 2.36 bits per heavy atom. The summed E-state index contributed by atoms with van der Waals surface area (Å²) >= 11 is 0. The molecule has 0 aliphatic carbocycles. The maximum Gasteiger partial charge on any atom is 0.180 e. The van der Waals surface area contributed by atoms with E-state index >= 15 is 0 Å². The molecule has 1 rings (SSSR count). The van der Waals surface area contributed by atoms with E-state index in [1.807, 2.05) is 0 Å². The molecule has 0 aromatic carbocycles. The van der Waals surface area contributed by atoms with Crippen LogP contribution >= 0.6 is 0 Å². The predicted molar refractivity (Wildman–Crippen MR) is 53.9 cm³/mol. The molecule has 14 heavy (non-hydrogen) atoms. The zero-order valence-electron chi connectivity index (χ0n) is 8.66. The van der Waals surface area contributed by atoms with Crippen molar-refractivity contribution in [3.8, 4) is 0 Å². The lowest BCUT2D eigenvalue weighted by molar-refractivity contribution is 0.192. The molecule has 0 fully saturated rings. The lowest BCUT2D eigenvalue weighted by Gasteiger charge is -2.02. The minimum Gasteiger partial charge on any atom is -0.447 e. The number of ether oxygens (including phenoxy) is 1. The average molecular weight is 198 g/mol. The Bertz CT molecular complexity index is 212. The van der Waals surface area contributed by atoms with Gasteiger partial charge in [-0.25, -0.2) is 4.98 Å². The molecule has 0 amide bonds. The third-order valence-electron chi connectivity index (χ3n) is 1.98. The fraction of sp³-hybridized carbons (Fsp3) is 0.700. The fourth-order valence-corrected chi connectivity index (χ4v) is 1.21. The van der Waals surface area contributed by atoms with E-state index in [4.69, 9.17) is 9.15 Å². The summed E-state index contributed by atoms with van der Waals surface area (Å²) in [5.74, 6) is 0.891. The van der Waals surface area contributed by atoms with E-state index in [1.165, 1.54) is 19.2 Å². The van der Waals surface area contributed by atoms with Gasteiger partial charge in [0.15, 0.2) is 6.39 Å². The third kappa shape index (κ3) is 4.99. The number of nitrogens with one attached hydrogen (secondary N) is 1. The van der Waals surface area contributed by atoms with E-state index in [0.717, 1.165) is 31.9 Å². The van der Waals surface area contributed by atoms with Gasteiger partial charge in [0.1, 0.15) is 5.76 Å². The first-order chi connectivity index (χ1) is 6.93. The van der Waals surface area contributed by atoms with Gasteiger partial charge >= 0.3 is 0 Å². The Kier molecular flexibility index (Phi) is 6.02. The standard InChI is InChI=1S/C10H18N2O2/c1-13-6-4-2-3-5-11-7-10-8-12-9-14-10/h8-9,11H,2-7H2,1H3. The number of hydrogen-bond acceptors (Lipinski definition) is 4. The molecule has 0 saturated heterocycles. The van der Waals surface area contributed by atoms with Gasteiger partial charge in [0.25, 0.3) is 0 Å². The van der Waals surface area contributed by atoms with Crippen molar-refractivity contribution >= 4 is 0 Å². The average Bonchev–Trinajstić information content (AvgIpc) is 2.69. The smallest absolute Gasteiger partial charge is 0.180 e. The highest BCUT2D eigenvalue weighted by atomic mass is 16.5. The predicted octanol–water partition coefficient (Wildman–Crippen LogP) is 1.58. The molecule has 0 bridgehead atoms. The first kappa shape index (κ1) is 11.2. The van der Waals surface area contributed by atoms with Gasteiger partial charge in [-0.05, 0) is 25.8 Å². The number of rotatable bonds is 8. The molecular weight excluding hydrogens is 180 g/mol.